The molecular formula is C22H23N7. The number of hydrogen-bond acceptors (Lipinski definition) is 6. The lowest BCUT2D eigenvalue weighted by Gasteiger charge is -2.12. The first-order chi connectivity index (χ1) is 14.3. The summed E-state index contributed by atoms with van der Waals surface area (Å²) in [6.45, 7) is 0.629. The maximum absolute atomic E-state index is 5.99. The highest BCUT2D eigenvalue weighted by Gasteiger charge is 2.21. The number of nitrogens with one attached hydrogen (secondary N) is 1. The zero-order valence-corrected chi connectivity index (χ0v) is 16.1. The van der Waals surface area contributed by atoms with Gasteiger partial charge in [0.2, 0.25) is 5.95 Å². The SMILES string of the molecule is Nc1nc(NCc2ccc(-c3ccccn3)cc2)c2ncn(C3CCCC3)c2n1. The van der Waals surface area contributed by atoms with Crippen molar-refractivity contribution in [2.24, 2.45) is 0 Å². The highest BCUT2D eigenvalue weighted by atomic mass is 15.2. The molecule has 0 spiro atoms. The second-order valence-electron chi connectivity index (χ2n) is 7.46. The smallest absolute Gasteiger partial charge is 0.224 e. The minimum atomic E-state index is 0.269. The van der Waals surface area contributed by atoms with Crippen LogP contribution in [0.15, 0.2) is 55.0 Å². The van der Waals surface area contributed by atoms with Crippen molar-refractivity contribution in [3.8, 4) is 11.3 Å². The standard InChI is InChI=1S/C22H23N7/c23-22-27-20(19-21(28-22)29(14-26-19)17-5-1-2-6-17)25-13-15-8-10-16(11-9-15)18-7-3-4-12-24-18/h3-4,7-12,14,17H,1-2,5-6,13H2,(H3,23,25,27,28). The van der Waals surface area contributed by atoms with Gasteiger partial charge >= 0.3 is 0 Å². The molecule has 3 N–H and O–H groups in total. The summed E-state index contributed by atoms with van der Waals surface area (Å²) in [5, 5.41) is 3.39. The fourth-order valence-electron chi connectivity index (χ4n) is 4.02. The van der Waals surface area contributed by atoms with Gasteiger partial charge < -0.3 is 15.6 Å². The van der Waals surface area contributed by atoms with Gasteiger partial charge in [-0.3, -0.25) is 4.98 Å². The lowest BCUT2D eigenvalue weighted by molar-refractivity contribution is 0.529. The number of rotatable bonds is 5. The van der Waals surface area contributed by atoms with Crippen LogP contribution in [0.5, 0.6) is 0 Å². The molecule has 0 saturated heterocycles. The molecule has 5 rings (SSSR count). The Hall–Kier alpha value is -3.48. The predicted octanol–water partition coefficient (Wildman–Crippen LogP) is 4.20. The summed E-state index contributed by atoms with van der Waals surface area (Å²) < 4.78 is 2.16. The van der Waals surface area contributed by atoms with Crippen molar-refractivity contribution >= 4 is 22.9 Å². The van der Waals surface area contributed by atoms with Gasteiger partial charge in [-0.15, -0.1) is 0 Å². The summed E-state index contributed by atoms with van der Waals surface area (Å²) in [5.41, 5.74) is 10.8. The highest BCUT2D eigenvalue weighted by Crippen LogP contribution is 2.32. The number of nitrogens with two attached hydrogens (primary N) is 1. The molecule has 3 heterocycles. The van der Waals surface area contributed by atoms with Crippen molar-refractivity contribution in [1.29, 1.82) is 0 Å². The Morgan fingerprint density at radius 2 is 1.83 bits per heavy atom. The van der Waals surface area contributed by atoms with E-state index >= 15 is 0 Å². The van der Waals surface area contributed by atoms with Crippen molar-refractivity contribution in [2.45, 2.75) is 38.3 Å². The fourth-order valence-corrected chi connectivity index (χ4v) is 4.02. The lowest BCUT2D eigenvalue weighted by atomic mass is 10.1. The van der Waals surface area contributed by atoms with Crippen LogP contribution in [0.25, 0.3) is 22.4 Å². The number of pyridine rings is 1. The number of anilines is 2. The largest absolute Gasteiger partial charge is 0.368 e. The van der Waals surface area contributed by atoms with E-state index in [-0.39, 0.29) is 5.95 Å². The van der Waals surface area contributed by atoms with Crippen LogP contribution in [-0.2, 0) is 6.54 Å². The molecule has 7 nitrogen and oxygen atoms in total. The topological polar surface area (TPSA) is 94.5 Å². The summed E-state index contributed by atoms with van der Waals surface area (Å²) in [7, 11) is 0. The second-order valence-corrected chi connectivity index (χ2v) is 7.46. The lowest BCUT2D eigenvalue weighted by Crippen LogP contribution is -2.08. The molecule has 0 radical (unpaired) electrons. The van der Waals surface area contributed by atoms with Crippen LogP contribution in [-0.4, -0.2) is 24.5 Å². The van der Waals surface area contributed by atoms with E-state index in [4.69, 9.17) is 5.73 Å². The minimum Gasteiger partial charge on any atom is -0.368 e. The van der Waals surface area contributed by atoms with E-state index in [9.17, 15) is 0 Å². The van der Waals surface area contributed by atoms with E-state index in [1.807, 2.05) is 24.5 Å². The van der Waals surface area contributed by atoms with Crippen molar-refractivity contribution < 1.29 is 0 Å². The molecule has 146 valence electrons. The molecule has 29 heavy (non-hydrogen) atoms. The van der Waals surface area contributed by atoms with E-state index in [1.165, 1.54) is 25.7 Å². The first kappa shape index (κ1) is 17.6. The summed E-state index contributed by atoms with van der Waals surface area (Å²) in [6, 6.07) is 14.7. The number of imidazole rings is 1. The first-order valence-electron chi connectivity index (χ1n) is 10.0. The van der Waals surface area contributed by atoms with Crippen LogP contribution in [0.4, 0.5) is 11.8 Å². The van der Waals surface area contributed by atoms with Crippen LogP contribution in [0.1, 0.15) is 37.3 Å². The van der Waals surface area contributed by atoms with Gasteiger partial charge in [0.25, 0.3) is 0 Å². The minimum absolute atomic E-state index is 0.269. The van der Waals surface area contributed by atoms with Crippen molar-refractivity contribution in [3.05, 3.63) is 60.6 Å². The second kappa shape index (κ2) is 7.50. The van der Waals surface area contributed by atoms with Crippen molar-refractivity contribution in [2.75, 3.05) is 11.1 Å². The molecule has 1 aromatic carbocycles. The normalized spacial score (nSPS) is 14.5. The third-order valence-corrected chi connectivity index (χ3v) is 5.53. The fraction of sp³-hybridized carbons (Fsp3) is 0.273. The van der Waals surface area contributed by atoms with Gasteiger partial charge in [-0.05, 0) is 30.5 Å². The zero-order valence-electron chi connectivity index (χ0n) is 16.1. The average molecular weight is 385 g/mol. The van der Waals surface area contributed by atoms with Crippen molar-refractivity contribution in [1.82, 2.24) is 24.5 Å². The van der Waals surface area contributed by atoms with Crippen LogP contribution < -0.4 is 11.1 Å². The molecule has 7 heteroatoms. The van der Waals surface area contributed by atoms with E-state index in [1.54, 1.807) is 6.20 Å². The van der Waals surface area contributed by atoms with E-state index < -0.39 is 0 Å². The summed E-state index contributed by atoms with van der Waals surface area (Å²) in [6.07, 6.45) is 8.53. The maximum atomic E-state index is 5.99. The van der Waals surface area contributed by atoms with Gasteiger partial charge in [0, 0.05) is 24.3 Å². The van der Waals surface area contributed by atoms with E-state index in [2.05, 4.69) is 54.1 Å². The molecular weight excluding hydrogens is 362 g/mol. The first-order valence-corrected chi connectivity index (χ1v) is 10.0. The molecule has 0 amide bonds. The summed E-state index contributed by atoms with van der Waals surface area (Å²) >= 11 is 0. The number of fused-ring (bicyclic) bond motifs is 1. The molecule has 0 unspecified atom stereocenters. The van der Waals surface area contributed by atoms with Gasteiger partial charge in [-0.2, -0.15) is 9.97 Å². The Morgan fingerprint density at radius 3 is 2.59 bits per heavy atom. The average Bonchev–Trinajstić information content (AvgIpc) is 3.43. The van der Waals surface area contributed by atoms with Crippen LogP contribution in [0.2, 0.25) is 0 Å². The van der Waals surface area contributed by atoms with Gasteiger partial charge in [0.1, 0.15) is 0 Å². The van der Waals surface area contributed by atoms with Gasteiger partial charge in [-0.1, -0.05) is 43.2 Å². The summed E-state index contributed by atoms with van der Waals surface area (Å²) in [5.74, 6) is 0.947. The Kier molecular flexibility index (Phi) is 4.56. The molecule has 4 aromatic rings. The quantitative estimate of drug-likeness (QED) is 0.535. The third-order valence-electron chi connectivity index (χ3n) is 5.53. The molecule has 1 saturated carbocycles. The van der Waals surface area contributed by atoms with E-state index in [0.29, 0.717) is 18.4 Å². The number of hydrogen-bond donors (Lipinski definition) is 2. The number of benzene rings is 1. The molecule has 1 aliphatic carbocycles. The van der Waals surface area contributed by atoms with Crippen LogP contribution in [0.3, 0.4) is 0 Å². The highest BCUT2D eigenvalue weighted by molar-refractivity contribution is 5.84. The van der Waals surface area contributed by atoms with Crippen LogP contribution in [0, 0.1) is 0 Å². The van der Waals surface area contributed by atoms with E-state index in [0.717, 1.165) is 28.0 Å². The number of aromatic nitrogens is 5. The maximum Gasteiger partial charge on any atom is 0.224 e. The summed E-state index contributed by atoms with van der Waals surface area (Å²) in [4.78, 5) is 17.8. The van der Waals surface area contributed by atoms with Crippen LogP contribution >= 0.6 is 0 Å². The van der Waals surface area contributed by atoms with Gasteiger partial charge in [0.05, 0.1) is 12.0 Å². The molecule has 0 aliphatic heterocycles. The number of nitrogens with zero attached hydrogens (tertiary/aromatic N) is 5. The monoisotopic (exact) mass is 385 g/mol. The molecule has 0 bridgehead atoms. The molecule has 3 aromatic heterocycles. The predicted molar refractivity (Wildman–Crippen MR) is 114 cm³/mol. The van der Waals surface area contributed by atoms with Crippen molar-refractivity contribution in [3.63, 3.8) is 0 Å². The zero-order chi connectivity index (χ0) is 19.6. The van der Waals surface area contributed by atoms with Gasteiger partial charge in [-0.25, -0.2) is 4.98 Å². The Balaban J connectivity index is 1.36. The molecule has 1 aliphatic rings. The molecule has 0 atom stereocenters. The Labute approximate surface area is 169 Å². The van der Waals surface area contributed by atoms with Gasteiger partial charge in [0.15, 0.2) is 17.0 Å². The molecule has 1 fully saturated rings. The Morgan fingerprint density at radius 1 is 1.00 bits per heavy atom. The third kappa shape index (κ3) is 3.51. The Bertz CT molecular complexity index is 1110. The number of nitrogen functional groups attached to an aromatic ring is 1.